The quantitative estimate of drug-likeness (QED) is 0.597. The lowest BCUT2D eigenvalue weighted by molar-refractivity contribution is -0.141. The number of pyridine rings is 1. The number of nitrogen functional groups attached to an aromatic ring is 1. The van der Waals surface area contributed by atoms with Gasteiger partial charge in [0.2, 0.25) is 0 Å². The van der Waals surface area contributed by atoms with Gasteiger partial charge >= 0.3 is 12.1 Å². The second-order valence-corrected chi connectivity index (χ2v) is 6.05. The van der Waals surface area contributed by atoms with Crippen molar-refractivity contribution in [3.05, 3.63) is 77.2 Å². The second kappa shape index (κ2) is 7.78. The molecule has 150 valence electrons. The van der Waals surface area contributed by atoms with Crippen molar-refractivity contribution in [1.29, 1.82) is 0 Å². The largest absolute Gasteiger partial charge is 0.485 e. The zero-order chi connectivity index (χ0) is 21.2. The summed E-state index contributed by atoms with van der Waals surface area (Å²) < 4.78 is 58.4. The molecule has 0 aliphatic carbocycles. The Labute approximate surface area is 162 Å². The molecule has 0 saturated carbocycles. The fourth-order valence-electron chi connectivity index (χ4n) is 2.70. The average molecular weight is 406 g/mol. The molecule has 0 bridgehead atoms. The highest BCUT2D eigenvalue weighted by Crippen LogP contribution is 2.35. The van der Waals surface area contributed by atoms with Crippen molar-refractivity contribution >= 4 is 11.8 Å². The van der Waals surface area contributed by atoms with Crippen LogP contribution in [0.5, 0.6) is 5.75 Å². The van der Waals surface area contributed by atoms with E-state index in [9.17, 15) is 22.4 Å². The first kappa shape index (κ1) is 20.1. The number of ether oxygens (including phenoxy) is 1. The Balaban J connectivity index is 1.87. The molecule has 3 N–H and O–H groups in total. The summed E-state index contributed by atoms with van der Waals surface area (Å²) in [5, 5.41) is 8.95. The monoisotopic (exact) mass is 406 g/mol. The number of carboxylic acids is 1. The van der Waals surface area contributed by atoms with Gasteiger partial charge in [-0.2, -0.15) is 13.2 Å². The lowest BCUT2D eigenvalue weighted by Gasteiger charge is -2.15. The lowest BCUT2D eigenvalue weighted by Crippen LogP contribution is -2.14. The molecule has 1 heterocycles. The Kier molecular flexibility index (Phi) is 5.40. The molecule has 0 amide bonds. The minimum absolute atomic E-state index is 0.0159. The Morgan fingerprint density at radius 2 is 1.79 bits per heavy atom. The molecule has 3 aromatic rings. The van der Waals surface area contributed by atoms with Crippen molar-refractivity contribution < 1.29 is 32.2 Å². The molecule has 0 fully saturated rings. The van der Waals surface area contributed by atoms with Gasteiger partial charge in [0.1, 0.15) is 12.4 Å². The summed E-state index contributed by atoms with van der Waals surface area (Å²) in [6.45, 7) is -0.570. The van der Waals surface area contributed by atoms with Gasteiger partial charge in [0.25, 0.3) is 0 Å². The van der Waals surface area contributed by atoms with Crippen LogP contribution in [0.2, 0.25) is 0 Å². The van der Waals surface area contributed by atoms with Crippen LogP contribution in [0.4, 0.5) is 23.4 Å². The number of nitrogens with two attached hydrogens (primary N) is 1. The summed E-state index contributed by atoms with van der Waals surface area (Å²) in [6.07, 6.45) is -3.46. The number of aromatic carboxylic acids is 1. The molecule has 29 heavy (non-hydrogen) atoms. The molecular weight excluding hydrogens is 392 g/mol. The maximum Gasteiger partial charge on any atom is 0.419 e. The first-order chi connectivity index (χ1) is 13.7. The smallest absolute Gasteiger partial charge is 0.419 e. The van der Waals surface area contributed by atoms with Gasteiger partial charge in [-0.25, -0.2) is 14.2 Å². The standard InChI is InChI=1S/C20H14F4N2O3/c21-15-3-1-2-13(17(15)20(22,23)24)10-29-16-8-14(9-26-18(16)25)11-4-6-12(7-5-11)19(27)28/h1-9H,10H2,(H2,25,26)(H,27,28). The maximum atomic E-state index is 13.7. The highest BCUT2D eigenvalue weighted by molar-refractivity contribution is 5.88. The third-order valence-corrected chi connectivity index (χ3v) is 4.11. The average Bonchev–Trinajstić information content (AvgIpc) is 2.66. The van der Waals surface area contributed by atoms with Crippen molar-refractivity contribution in [3.8, 4) is 16.9 Å². The number of anilines is 1. The normalized spacial score (nSPS) is 11.3. The Hall–Kier alpha value is -3.62. The van der Waals surface area contributed by atoms with Crippen LogP contribution in [0.15, 0.2) is 54.7 Å². The SMILES string of the molecule is Nc1ncc(-c2ccc(C(=O)O)cc2)cc1OCc1cccc(F)c1C(F)(F)F. The zero-order valence-electron chi connectivity index (χ0n) is 14.7. The number of carbonyl (C=O) groups is 1. The summed E-state index contributed by atoms with van der Waals surface area (Å²) in [5.74, 6) is -2.51. The molecule has 0 unspecified atom stereocenters. The molecule has 3 rings (SSSR count). The number of aromatic nitrogens is 1. The van der Waals surface area contributed by atoms with Gasteiger partial charge in [-0.3, -0.25) is 0 Å². The maximum absolute atomic E-state index is 13.7. The highest BCUT2D eigenvalue weighted by atomic mass is 19.4. The van der Waals surface area contributed by atoms with E-state index >= 15 is 0 Å². The van der Waals surface area contributed by atoms with Gasteiger partial charge in [-0.15, -0.1) is 0 Å². The van der Waals surface area contributed by atoms with E-state index in [1.165, 1.54) is 24.4 Å². The summed E-state index contributed by atoms with van der Waals surface area (Å²) in [4.78, 5) is 14.9. The third kappa shape index (κ3) is 4.45. The first-order valence-electron chi connectivity index (χ1n) is 8.23. The minimum Gasteiger partial charge on any atom is -0.485 e. The van der Waals surface area contributed by atoms with E-state index < -0.39 is 30.1 Å². The predicted molar refractivity (Wildman–Crippen MR) is 96.8 cm³/mol. The number of hydrogen-bond donors (Lipinski definition) is 2. The van der Waals surface area contributed by atoms with Crippen LogP contribution in [-0.2, 0) is 12.8 Å². The van der Waals surface area contributed by atoms with Gasteiger partial charge in [0, 0.05) is 17.3 Å². The molecule has 0 aliphatic rings. The number of benzene rings is 2. The zero-order valence-corrected chi connectivity index (χ0v) is 14.7. The number of nitrogens with zero attached hydrogens (tertiary/aromatic N) is 1. The Morgan fingerprint density at radius 1 is 1.10 bits per heavy atom. The summed E-state index contributed by atoms with van der Waals surface area (Å²) in [7, 11) is 0. The molecule has 5 nitrogen and oxygen atoms in total. The van der Waals surface area contributed by atoms with E-state index in [4.69, 9.17) is 15.6 Å². The van der Waals surface area contributed by atoms with Crippen LogP contribution < -0.4 is 10.5 Å². The van der Waals surface area contributed by atoms with E-state index in [1.807, 2.05) is 0 Å². The summed E-state index contributed by atoms with van der Waals surface area (Å²) in [6, 6.07) is 10.4. The van der Waals surface area contributed by atoms with E-state index in [0.29, 0.717) is 11.1 Å². The van der Waals surface area contributed by atoms with Crippen LogP contribution in [0.3, 0.4) is 0 Å². The number of halogens is 4. The van der Waals surface area contributed by atoms with Gasteiger partial charge in [-0.05, 0) is 29.8 Å². The lowest BCUT2D eigenvalue weighted by atomic mass is 10.1. The van der Waals surface area contributed by atoms with Gasteiger partial charge < -0.3 is 15.6 Å². The summed E-state index contributed by atoms with van der Waals surface area (Å²) >= 11 is 0. The van der Waals surface area contributed by atoms with Crippen LogP contribution in [0.1, 0.15) is 21.5 Å². The van der Waals surface area contributed by atoms with Gasteiger partial charge in [0.05, 0.1) is 11.1 Å². The second-order valence-electron chi connectivity index (χ2n) is 6.05. The Bertz CT molecular complexity index is 1050. The summed E-state index contributed by atoms with van der Waals surface area (Å²) in [5.41, 5.74) is 5.18. The van der Waals surface area contributed by atoms with Crippen LogP contribution >= 0.6 is 0 Å². The molecule has 0 atom stereocenters. The molecule has 0 aliphatic heterocycles. The van der Waals surface area contributed by atoms with E-state index in [0.717, 1.165) is 18.2 Å². The molecular formula is C20H14F4N2O3. The van der Waals surface area contributed by atoms with Crippen molar-refractivity contribution in [1.82, 2.24) is 4.98 Å². The fourth-order valence-corrected chi connectivity index (χ4v) is 2.70. The first-order valence-corrected chi connectivity index (χ1v) is 8.23. The predicted octanol–water partition coefficient (Wildman–Crippen LogP) is 4.77. The molecule has 0 spiro atoms. The highest BCUT2D eigenvalue weighted by Gasteiger charge is 2.36. The van der Waals surface area contributed by atoms with Crippen molar-refractivity contribution in [2.75, 3.05) is 5.73 Å². The Morgan fingerprint density at radius 3 is 2.41 bits per heavy atom. The number of carboxylic acid groups (broad SMARTS) is 1. The number of rotatable bonds is 5. The fraction of sp³-hybridized carbons (Fsp3) is 0.100. The minimum atomic E-state index is -4.87. The van der Waals surface area contributed by atoms with Crippen LogP contribution in [0, 0.1) is 5.82 Å². The molecule has 1 aromatic heterocycles. The van der Waals surface area contributed by atoms with Crippen LogP contribution in [0.25, 0.3) is 11.1 Å². The number of alkyl halides is 3. The van der Waals surface area contributed by atoms with Gasteiger partial charge in [0.15, 0.2) is 11.6 Å². The third-order valence-electron chi connectivity index (χ3n) is 4.11. The van der Waals surface area contributed by atoms with Gasteiger partial charge in [-0.1, -0.05) is 24.3 Å². The van der Waals surface area contributed by atoms with Crippen molar-refractivity contribution in [2.24, 2.45) is 0 Å². The molecule has 0 radical (unpaired) electrons. The number of hydrogen-bond acceptors (Lipinski definition) is 4. The van der Waals surface area contributed by atoms with E-state index in [1.54, 1.807) is 12.1 Å². The topological polar surface area (TPSA) is 85.4 Å². The van der Waals surface area contributed by atoms with Crippen molar-refractivity contribution in [3.63, 3.8) is 0 Å². The van der Waals surface area contributed by atoms with Crippen molar-refractivity contribution in [2.45, 2.75) is 12.8 Å². The van der Waals surface area contributed by atoms with E-state index in [-0.39, 0.29) is 22.7 Å². The van der Waals surface area contributed by atoms with E-state index in [2.05, 4.69) is 4.98 Å². The molecule has 9 heteroatoms. The molecule has 0 saturated heterocycles. The van der Waals surface area contributed by atoms with Crippen LogP contribution in [-0.4, -0.2) is 16.1 Å². The molecule has 2 aromatic carbocycles.